The highest BCUT2D eigenvalue weighted by Crippen LogP contribution is 2.28. The van der Waals surface area contributed by atoms with E-state index in [-0.39, 0.29) is 5.91 Å². The number of aryl methyl sites for hydroxylation is 1. The van der Waals surface area contributed by atoms with Gasteiger partial charge in [-0.05, 0) is 42.9 Å². The minimum absolute atomic E-state index is 0.193. The van der Waals surface area contributed by atoms with E-state index >= 15 is 0 Å². The lowest BCUT2D eigenvalue weighted by Crippen LogP contribution is -2.24. The zero-order valence-electron chi connectivity index (χ0n) is 10.8. The van der Waals surface area contributed by atoms with E-state index in [1.54, 1.807) is 0 Å². The summed E-state index contributed by atoms with van der Waals surface area (Å²) in [4.78, 5) is 18.3. The van der Waals surface area contributed by atoms with E-state index in [0.29, 0.717) is 12.3 Å². The molecule has 2 heterocycles. The molecule has 1 fully saturated rings. The van der Waals surface area contributed by atoms with E-state index in [9.17, 15) is 4.79 Å². The molecule has 1 atom stereocenters. The average Bonchev–Trinajstić information content (AvgIpc) is 2.79. The van der Waals surface area contributed by atoms with E-state index in [1.165, 1.54) is 0 Å². The summed E-state index contributed by atoms with van der Waals surface area (Å²) >= 11 is 4.29. The molecule has 1 aromatic heterocycles. The van der Waals surface area contributed by atoms with Crippen molar-refractivity contribution < 1.29 is 4.79 Å². The van der Waals surface area contributed by atoms with Crippen LogP contribution in [-0.4, -0.2) is 23.2 Å². The third-order valence-corrected chi connectivity index (χ3v) is 4.10. The minimum atomic E-state index is 0.193. The van der Waals surface area contributed by atoms with Crippen LogP contribution in [0.4, 0.5) is 5.69 Å². The third kappa shape index (κ3) is 2.32. The molecule has 98 valence electrons. The fraction of sp³-hybridized carbons (Fsp3) is 0.333. The van der Waals surface area contributed by atoms with E-state index < -0.39 is 0 Å². The van der Waals surface area contributed by atoms with Gasteiger partial charge in [-0.1, -0.05) is 6.07 Å². The summed E-state index contributed by atoms with van der Waals surface area (Å²) < 4.78 is 0. The summed E-state index contributed by atoms with van der Waals surface area (Å²) in [5.41, 5.74) is 2.95. The van der Waals surface area contributed by atoms with Gasteiger partial charge in [-0.3, -0.25) is 9.78 Å². The number of fused-ring (bicyclic) bond motifs is 1. The predicted molar refractivity (Wildman–Crippen MR) is 80.8 cm³/mol. The summed E-state index contributed by atoms with van der Waals surface area (Å²) in [5.74, 6) is 1.32. The quantitative estimate of drug-likeness (QED) is 0.853. The Hall–Kier alpha value is -1.55. The van der Waals surface area contributed by atoms with Crippen molar-refractivity contribution in [3.05, 3.63) is 36.0 Å². The number of hydrogen-bond donors (Lipinski definition) is 1. The Morgan fingerprint density at radius 1 is 1.37 bits per heavy atom. The van der Waals surface area contributed by atoms with Crippen LogP contribution in [0.2, 0.25) is 0 Å². The van der Waals surface area contributed by atoms with Crippen LogP contribution in [0.5, 0.6) is 0 Å². The summed E-state index contributed by atoms with van der Waals surface area (Å²) in [6, 6.07) is 10.1. The summed E-state index contributed by atoms with van der Waals surface area (Å²) in [7, 11) is 0. The molecule has 1 saturated heterocycles. The molecule has 3 rings (SSSR count). The number of nitrogens with zero attached hydrogens (tertiary/aromatic N) is 2. The second-order valence-corrected chi connectivity index (χ2v) is 5.45. The zero-order valence-corrected chi connectivity index (χ0v) is 11.7. The fourth-order valence-corrected chi connectivity index (χ4v) is 2.78. The molecule has 1 amide bonds. The highest BCUT2D eigenvalue weighted by molar-refractivity contribution is 7.80. The van der Waals surface area contributed by atoms with Crippen LogP contribution in [0.1, 0.15) is 12.1 Å². The summed E-state index contributed by atoms with van der Waals surface area (Å²) in [5, 5.41) is 1.07. The van der Waals surface area contributed by atoms with Crippen LogP contribution in [0.25, 0.3) is 10.9 Å². The number of carbonyl (C=O) groups is 1. The lowest BCUT2D eigenvalue weighted by molar-refractivity contribution is -0.117. The number of aromatic nitrogens is 1. The van der Waals surface area contributed by atoms with Crippen molar-refractivity contribution in [1.29, 1.82) is 0 Å². The van der Waals surface area contributed by atoms with Crippen LogP contribution < -0.4 is 4.90 Å². The molecule has 0 radical (unpaired) electrons. The molecule has 1 aliphatic rings. The Morgan fingerprint density at radius 3 is 2.95 bits per heavy atom. The topological polar surface area (TPSA) is 33.2 Å². The molecule has 19 heavy (non-hydrogen) atoms. The van der Waals surface area contributed by atoms with Gasteiger partial charge in [0.1, 0.15) is 0 Å². The lowest BCUT2D eigenvalue weighted by atomic mass is 10.1. The van der Waals surface area contributed by atoms with Crippen LogP contribution in [-0.2, 0) is 4.79 Å². The van der Waals surface area contributed by atoms with Gasteiger partial charge >= 0.3 is 0 Å². The number of rotatable bonds is 2. The maximum absolute atomic E-state index is 12.0. The molecule has 3 nitrogen and oxygen atoms in total. The minimum Gasteiger partial charge on any atom is -0.312 e. The van der Waals surface area contributed by atoms with Crippen molar-refractivity contribution in [1.82, 2.24) is 4.98 Å². The largest absolute Gasteiger partial charge is 0.312 e. The summed E-state index contributed by atoms with van der Waals surface area (Å²) in [6.45, 7) is 2.75. The van der Waals surface area contributed by atoms with Crippen molar-refractivity contribution in [3.8, 4) is 0 Å². The van der Waals surface area contributed by atoms with Crippen molar-refractivity contribution in [3.63, 3.8) is 0 Å². The van der Waals surface area contributed by atoms with E-state index in [2.05, 4.69) is 23.7 Å². The maximum Gasteiger partial charge on any atom is 0.227 e. The first-order valence-corrected chi connectivity index (χ1v) is 7.09. The number of amides is 1. The third-order valence-electron chi connectivity index (χ3n) is 3.59. The standard InChI is InChI=1S/C15H16N2OS/c1-10-2-3-12-7-13(4-5-14(12)16-10)17-8-11(9-19)6-15(17)18/h2-5,7,11,19H,6,8-9H2,1H3. The van der Waals surface area contributed by atoms with Gasteiger partial charge in [0, 0.05) is 29.7 Å². The molecular formula is C15H16N2OS. The fourth-order valence-electron chi connectivity index (χ4n) is 2.54. The van der Waals surface area contributed by atoms with Gasteiger partial charge in [-0.25, -0.2) is 0 Å². The van der Waals surface area contributed by atoms with Crippen molar-refractivity contribution >= 4 is 35.1 Å². The Balaban J connectivity index is 1.97. The average molecular weight is 272 g/mol. The smallest absolute Gasteiger partial charge is 0.227 e. The van der Waals surface area contributed by atoms with Crippen molar-refractivity contribution in [2.75, 3.05) is 17.2 Å². The molecule has 0 aliphatic carbocycles. The van der Waals surface area contributed by atoms with Gasteiger partial charge in [0.2, 0.25) is 5.91 Å². The van der Waals surface area contributed by atoms with Gasteiger partial charge < -0.3 is 4.90 Å². The number of benzene rings is 1. The summed E-state index contributed by atoms with van der Waals surface area (Å²) in [6.07, 6.45) is 0.605. The first-order valence-electron chi connectivity index (χ1n) is 6.46. The highest BCUT2D eigenvalue weighted by Gasteiger charge is 2.29. The molecule has 1 unspecified atom stereocenters. The maximum atomic E-state index is 12.0. The van der Waals surface area contributed by atoms with Crippen LogP contribution >= 0.6 is 12.6 Å². The van der Waals surface area contributed by atoms with E-state index in [0.717, 1.165) is 34.6 Å². The Kier molecular flexibility index (Phi) is 3.19. The van der Waals surface area contributed by atoms with Gasteiger partial charge in [0.25, 0.3) is 0 Å². The first-order chi connectivity index (χ1) is 9.17. The van der Waals surface area contributed by atoms with Gasteiger partial charge in [0.15, 0.2) is 0 Å². The number of hydrogen-bond acceptors (Lipinski definition) is 3. The Labute approximate surface area is 118 Å². The number of thiol groups is 1. The SMILES string of the molecule is Cc1ccc2cc(N3CC(CS)CC3=O)ccc2n1. The second-order valence-electron chi connectivity index (χ2n) is 5.09. The second kappa shape index (κ2) is 4.85. The molecule has 0 spiro atoms. The molecule has 1 aromatic carbocycles. The van der Waals surface area contributed by atoms with Crippen LogP contribution in [0.15, 0.2) is 30.3 Å². The monoisotopic (exact) mass is 272 g/mol. The molecule has 0 bridgehead atoms. The van der Waals surface area contributed by atoms with Gasteiger partial charge in [-0.15, -0.1) is 0 Å². The Bertz CT molecular complexity index is 641. The van der Waals surface area contributed by atoms with Crippen molar-refractivity contribution in [2.45, 2.75) is 13.3 Å². The molecule has 4 heteroatoms. The molecule has 0 saturated carbocycles. The first kappa shape index (κ1) is 12.5. The predicted octanol–water partition coefficient (Wildman–Crippen LogP) is 2.83. The van der Waals surface area contributed by atoms with Gasteiger partial charge in [0.05, 0.1) is 5.52 Å². The highest BCUT2D eigenvalue weighted by atomic mass is 32.1. The molecule has 2 aromatic rings. The molecular weight excluding hydrogens is 256 g/mol. The van der Waals surface area contributed by atoms with E-state index in [4.69, 9.17) is 0 Å². The number of pyridine rings is 1. The Morgan fingerprint density at radius 2 is 2.21 bits per heavy atom. The lowest BCUT2D eigenvalue weighted by Gasteiger charge is -2.17. The molecule has 1 aliphatic heterocycles. The normalized spacial score (nSPS) is 19.4. The number of carbonyl (C=O) groups excluding carboxylic acids is 1. The zero-order chi connectivity index (χ0) is 13.4. The molecule has 0 N–H and O–H groups in total. The van der Waals surface area contributed by atoms with Crippen molar-refractivity contribution in [2.24, 2.45) is 5.92 Å². The van der Waals surface area contributed by atoms with Crippen LogP contribution in [0, 0.1) is 12.8 Å². The van der Waals surface area contributed by atoms with Crippen LogP contribution in [0.3, 0.4) is 0 Å². The number of anilines is 1. The van der Waals surface area contributed by atoms with Gasteiger partial charge in [-0.2, -0.15) is 12.6 Å². The van der Waals surface area contributed by atoms with E-state index in [1.807, 2.05) is 36.1 Å².